The Morgan fingerprint density at radius 1 is 1.33 bits per heavy atom. The topological polar surface area (TPSA) is 20.3 Å². The fourth-order valence-electron chi connectivity index (χ4n) is 2.39. The number of ketones is 1. The molecule has 0 N–H and O–H groups in total. The lowest BCUT2D eigenvalue weighted by Crippen LogP contribution is -2.30. The third-order valence-corrected chi connectivity index (χ3v) is 3.37. The Morgan fingerprint density at radius 3 is 2.67 bits per heavy atom. The number of halogens is 2. The zero-order valence-corrected chi connectivity index (χ0v) is 10.5. The number of hydrogen-bond donors (Lipinski definition) is 0. The Kier molecular flexibility index (Phi) is 4.07. The Morgan fingerprint density at radius 2 is 2.00 bits per heavy atom. The zero-order valence-electron chi connectivity index (χ0n) is 10.5. The van der Waals surface area contributed by atoms with E-state index in [0.29, 0.717) is 6.54 Å². The van der Waals surface area contributed by atoms with Crippen molar-refractivity contribution < 1.29 is 13.6 Å². The van der Waals surface area contributed by atoms with Crippen molar-refractivity contribution in [3.05, 3.63) is 35.4 Å². The molecule has 2 rings (SSSR count). The van der Waals surface area contributed by atoms with E-state index >= 15 is 0 Å². The molecular weight excluding hydrogens is 236 g/mol. The maximum absolute atomic E-state index is 13.5. The molecule has 1 aromatic carbocycles. The van der Waals surface area contributed by atoms with Crippen LogP contribution in [0.4, 0.5) is 8.78 Å². The zero-order chi connectivity index (χ0) is 13.1. The van der Waals surface area contributed by atoms with Gasteiger partial charge in [-0.25, -0.2) is 8.78 Å². The smallest absolute Gasteiger partial charge is 0.169 e. The van der Waals surface area contributed by atoms with Gasteiger partial charge in [0.2, 0.25) is 0 Å². The van der Waals surface area contributed by atoms with Gasteiger partial charge in [-0.2, -0.15) is 0 Å². The second-order valence-electron chi connectivity index (χ2n) is 4.90. The number of Topliss-reactive ketones (excluding diaryl/α,β-unsaturated/α-hetero) is 1. The molecule has 0 amide bonds. The number of carbonyl (C=O) groups excluding carboxylic acids is 1. The minimum atomic E-state index is -0.644. The van der Waals surface area contributed by atoms with Crippen molar-refractivity contribution in [3.63, 3.8) is 0 Å². The van der Waals surface area contributed by atoms with Crippen LogP contribution in [0.1, 0.15) is 30.1 Å². The molecule has 0 saturated carbocycles. The van der Waals surface area contributed by atoms with E-state index < -0.39 is 11.6 Å². The Labute approximate surface area is 106 Å². The number of rotatable bonds is 4. The quantitative estimate of drug-likeness (QED) is 0.769. The monoisotopic (exact) mass is 253 g/mol. The second-order valence-corrected chi connectivity index (χ2v) is 4.90. The van der Waals surface area contributed by atoms with Crippen LogP contribution >= 0.6 is 0 Å². The lowest BCUT2D eigenvalue weighted by Gasteiger charge is -2.19. The van der Waals surface area contributed by atoms with E-state index in [0.717, 1.165) is 44.1 Å². The predicted octanol–water partition coefficient (Wildman–Crippen LogP) is 2.88. The highest BCUT2D eigenvalue weighted by molar-refractivity contribution is 5.98. The van der Waals surface area contributed by atoms with Crippen LogP contribution in [0.25, 0.3) is 0 Å². The van der Waals surface area contributed by atoms with E-state index in [1.54, 1.807) is 6.92 Å². The summed E-state index contributed by atoms with van der Waals surface area (Å²) in [4.78, 5) is 14.3. The third kappa shape index (κ3) is 2.93. The maximum atomic E-state index is 13.5. The average Bonchev–Trinajstić information content (AvgIpc) is 2.84. The van der Waals surface area contributed by atoms with Crippen LogP contribution in [-0.4, -0.2) is 30.3 Å². The first kappa shape index (κ1) is 13.1. The standard InChI is InChI=1S/C14H17F2NO/c1-10(9-17-6-2-3-7-17)14(18)12-8-11(15)4-5-13(12)16/h4-5,8,10H,2-3,6-7,9H2,1H3. The summed E-state index contributed by atoms with van der Waals surface area (Å²) >= 11 is 0. The summed E-state index contributed by atoms with van der Waals surface area (Å²) in [6.07, 6.45) is 2.30. The lowest BCUT2D eigenvalue weighted by atomic mass is 9.98. The molecule has 4 heteroatoms. The fraction of sp³-hybridized carbons (Fsp3) is 0.500. The van der Waals surface area contributed by atoms with Crippen LogP contribution in [0, 0.1) is 17.6 Å². The molecule has 1 atom stereocenters. The van der Waals surface area contributed by atoms with Crippen molar-refractivity contribution in [2.24, 2.45) is 5.92 Å². The summed E-state index contributed by atoms with van der Waals surface area (Å²) in [5.74, 6) is -1.85. The minimum absolute atomic E-state index is 0.137. The van der Waals surface area contributed by atoms with Crippen LogP contribution in [0.3, 0.4) is 0 Å². The highest BCUT2D eigenvalue weighted by Gasteiger charge is 2.23. The predicted molar refractivity (Wildman–Crippen MR) is 65.5 cm³/mol. The van der Waals surface area contributed by atoms with E-state index in [4.69, 9.17) is 0 Å². The van der Waals surface area contributed by atoms with Gasteiger partial charge in [0.15, 0.2) is 5.78 Å². The molecule has 1 unspecified atom stereocenters. The molecule has 0 bridgehead atoms. The molecule has 1 aliphatic heterocycles. The van der Waals surface area contributed by atoms with Crippen molar-refractivity contribution in [2.45, 2.75) is 19.8 Å². The number of carbonyl (C=O) groups is 1. The van der Waals surface area contributed by atoms with Gasteiger partial charge in [-0.1, -0.05) is 6.92 Å². The Balaban J connectivity index is 2.07. The van der Waals surface area contributed by atoms with Crippen molar-refractivity contribution in [1.29, 1.82) is 0 Å². The normalized spacial score (nSPS) is 17.9. The maximum Gasteiger partial charge on any atom is 0.169 e. The summed E-state index contributed by atoms with van der Waals surface area (Å²) in [5.41, 5.74) is -0.137. The van der Waals surface area contributed by atoms with Gasteiger partial charge in [0.1, 0.15) is 11.6 Å². The number of benzene rings is 1. The first-order valence-corrected chi connectivity index (χ1v) is 6.29. The molecule has 1 heterocycles. The average molecular weight is 253 g/mol. The number of hydrogen-bond acceptors (Lipinski definition) is 2. The molecule has 1 saturated heterocycles. The molecule has 0 radical (unpaired) electrons. The largest absolute Gasteiger partial charge is 0.303 e. The van der Waals surface area contributed by atoms with E-state index in [-0.39, 0.29) is 17.3 Å². The van der Waals surface area contributed by atoms with Crippen LogP contribution < -0.4 is 0 Å². The first-order valence-electron chi connectivity index (χ1n) is 6.29. The van der Waals surface area contributed by atoms with E-state index in [9.17, 15) is 13.6 Å². The molecule has 18 heavy (non-hydrogen) atoms. The fourth-order valence-corrected chi connectivity index (χ4v) is 2.39. The summed E-state index contributed by atoms with van der Waals surface area (Å²) in [5, 5.41) is 0. The number of likely N-dealkylation sites (tertiary alicyclic amines) is 1. The molecular formula is C14H17F2NO. The van der Waals surface area contributed by atoms with Gasteiger partial charge in [0.05, 0.1) is 5.56 Å². The lowest BCUT2D eigenvalue weighted by molar-refractivity contribution is 0.0898. The van der Waals surface area contributed by atoms with Crippen LogP contribution in [0.5, 0.6) is 0 Å². The van der Waals surface area contributed by atoms with Crippen LogP contribution in [-0.2, 0) is 0 Å². The van der Waals surface area contributed by atoms with Crippen molar-refractivity contribution >= 4 is 5.78 Å². The van der Waals surface area contributed by atoms with Gasteiger partial charge in [0, 0.05) is 12.5 Å². The van der Waals surface area contributed by atoms with Crippen LogP contribution in [0.2, 0.25) is 0 Å². The SMILES string of the molecule is CC(CN1CCCC1)C(=O)c1cc(F)ccc1F. The molecule has 1 fully saturated rings. The Hall–Kier alpha value is -1.29. The Bertz CT molecular complexity index is 441. The van der Waals surface area contributed by atoms with Gasteiger partial charge in [0.25, 0.3) is 0 Å². The molecule has 98 valence electrons. The second kappa shape index (κ2) is 5.57. The van der Waals surface area contributed by atoms with Gasteiger partial charge in [-0.3, -0.25) is 4.79 Å². The van der Waals surface area contributed by atoms with Gasteiger partial charge >= 0.3 is 0 Å². The third-order valence-electron chi connectivity index (χ3n) is 3.37. The van der Waals surface area contributed by atoms with Gasteiger partial charge < -0.3 is 4.90 Å². The number of nitrogens with zero attached hydrogens (tertiary/aromatic N) is 1. The highest BCUT2D eigenvalue weighted by atomic mass is 19.1. The van der Waals surface area contributed by atoms with Gasteiger partial charge in [-0.05, 0) is 44.1 Å². The summed E-state index contributed by atoms with van der Waals surface area (Å²) in [7, 11) is 0. The molecule has 0 aliphatic carbocycles. The molecule has 0 spiro atoms. The minimum Gasteiger partial charge on any atom is -0.303 e. The molecule has 2 nitrogen and oxygen atoms in total. The van der Waals surface area contributed by atoms with Crippen LogP contribution in [0.15, 0.2) is 18.2 Å². The van der Waals surface area contributed by atoms with E-state index in [2.05, 4.69) is 4.90 Å². The summed E-state index contributed by atoms with van der Waals surface area (Å²) in [6, 6.07) is 3.01. The highest BCUT2D eigenvalue weighted by Crippen LogP contribution is 2.17. The summed E-state index contributed by atoms with van der Waals surface area (Å²) in [6.45, 7) is 4.37. The van der Waals surface area contributed by atoms with Crippen molar-refractivity contribution in [3.8, 4) is 0 Å². The molecule has 1 aromatic rings. The first-order chi connectivity index (χ1) is 8.58. The summed E-state index contributed by atoms with van der Waals surface area (Å²) < 4.78 is 26.5. The van der Waals surface area contributed by atoms with Gasteiger partial charge in [-0.15, -0.1) is 0 Å². The van der Waals surface area contributed by atoms with E-state index in [1.165, 1.54) is 0 Å². The van der Waals surface area contributed by atoms with Crippen molar-refractivity contribution in [1.82, 2.24) is 4.90 Å². The van der Waals surface area contributed by atoms with E-state index in [1.807, 2.05) is 0 Å². The molecule has 1 aliphatic rings. The molecule has 0 aromatic heterocycles. The van der Waals surface area contributed by atoms with Crippen molar-refractivity contribution in [2.75, 3.05) is 19.6 Å².